The van der Waals surface area contributed by atoms with Crippen LogP contribution >= 0.6 is 23.8 Å². The minimum absolute atomic E-state index is 0. The fourth-order valence-corrected chi connectivity index (χ4v) is 4.67. The first-order valence-electron chi connectivity index (χ1n) is 10.1. The van der Waals surface area contributed by atoms with Crippen molar-refractivity contribution in [3.8, 4) is 11.8 Å². The molecule has 2 heterocycles. The molecule has 3 aromatic carbocycles. The lowest BCUT2D eigenvalue weighted by molar-refractivity contribution is 0.289. The minimum Gasteiger partial charge on any atom is -0.432 e. The van der Waals surface area contributed by atoms with Gasteiger partial charge in [-0.3, -0.25) is 0 Å². The molecule has 7 heteroatoms. The predicted molar refractivity (Wildman–Crippen MR) is 128 cm³/mol. The standard InChI is InChI=1S/C25H17ClFN3OS.H2/c26-17-5-10-22-21(13-17)20-11-12-30(25(32)31-19-8-6-18(27)7-9-19)24(23(20)29-22)16-3-1-15(14-28)2-4-16;/h1-10,13,24,29H,11-12H2;1H. The van der Waals surface area contributed by atoms with E-state index in [1.165, 1.54) is 17.7 Å². The highest BCUT2D eigenvalue weighted by molar-refractivity contribution is 7.80. The molecule has 0 fully saturated rings. The second kappa shape index (κ2) is 8.27. The van der Waals surface area contributed by atoms with Gasteiger partial charge in [-0.25, -0.2) is 4.39 Å². The van der Waals surface area contributed by atoms with Crippen molar-refractivity contribution in [2.75, 3.05) is 6.54 Å². The van der Waals surface area contributed by atoms with Crippen LogP contribution in [0.25, 0.3) is 10.9 Å². The summed E-state index contributed by atoms with van der Waals surface area (Å²) in [6, 6.07) is 21.0. The van der Waals surface area contributed by atoms with Gasteiger partial charge in [-0.15, -0.1) is 0 Å². The Kier molecular flexibility index (Phi) is 5.30. The molecule has 32 heavy (non-hydrogen) atoms. The zero-order chi connectivity index (χ0) is 22.2. The summed E-state index contributed by atoms with van der Waals surface area (Å²) in [6.45, 7) is 0.636. The van der Waals surface area contributed by atoms with E-state index >= 15 is 0 Å². The number of aromatic nitrogens is 1. The number of H-pyrrole nitrogens is 1. The number of hydrogen-bond acceptors (Lipinski definition) is 3. The van der Waals surface area contributed by atoms with E-state index in [0.717, 1.165) is 28.6 Å². The van der Waals surface area contributed by atoms with E-state index in [4.69, 9.17) is 28.6 Å². The molecule has 1 aromatic heterocycles. The highest BCUT2D eigenvalue weighted by Gasteiger charge is 2.34. The summed E-state index contributed by atoms with van der Waals surface area (Å²) >= 11 is 11.9. The van der Waals surface area contributed by atoms with Gasteiger partial charge in [0.25, 0.3) is 5.17 Å². The summed E-state index contributed by atoms with van der Waals surface area (Å²) in [7, 11) is 0. The van der Waals surface area contributed by atoms with Crippen LogP contribution in [0.3, 0.4) is 0 Å². The Morgan fingerprint density at radius 3 is 2.62 bits per heavy atom. The molecule has 0 radical (unpaired) electrons. The Morgan fingerprint density at radius 1 is 1.16 bits per heavy atom. The fraction of sp³-hybridized carbons (Fsp3) is 0.120. The van der Waals surface area contributed by atoms with Gasteiger partial charge >= 0.3 is 0 Å². The molecule has 5 rings (SSSR count). The first-order valence-corrected chi connectivity index (χ1v) is 10.9. The number of nitrogens with zero attached hydrogens (tertiary/aromatic N) is 2. The summed E-state index contributed by atoms with van der Waals surface area (Å²) in [4.78, 5) is 5.56. The average molecular weight is 464 g/mol. The first kappa shape index (κ1) is 20.5. The lowest BCUT2D eigenvalue weighted by Gasteiger charge is -2.37. The number of aromatic amines is 1. The third kappa shape index (κ3) is 3.70. The number of ether oxygens (including phenoxy) is 1. The summed E-state index contributed by atoms with van der Waals surface area (Å²) in [5.74, 6) is 0.141. The number of halogens is 2. The van der Waals surface area contributed by atoms with Gasteiger partial charge in [-0.2, -0.15) is 5.26 Å². The SMILES string of the molecule is N#Cc1ccc(C2c3[nH]c4ccc(Cl)cc4c3CCN2C(=S)Oc2ccc(F)cc2)cc1.[HH]. The molecule has 0 amide bonds. The van der Waals surface area contributed by atoms with Gasteiger partial charge in [-0.1, -0.05) is 23.7 Å². The fourth-order valence-electron chi connectivity index (χ4n) is 4.21. The van der Waals surface area contributed by atoms with E-state index in [1.54, 1.807) is 24.3 Å². The van der Waals surface area contributed by atoms with Crippen LogP contribution in [-0.4, -0.2) is 21.6 Å². The molecule has 0 saturated heterocycles. The summed E-state index contributed by atoms with van der Waals surface area (Å²) in [5, 5.41) is 11.3. The van der Waals surface area contributed by atoms with Gasteiger partial charge in [0.15, 0.2) is 0 Å². The van der Waals surface area contributed by atoms with Crippen LogP contribution in [0.15, 0.2) is 66.7 Å². The number of nitriles is 1. The second-order valence-electron chi connectivity index (χ2n) is 7.61. The predicted octanol–water partition coefficient (Wildman–Crippen LogP) is 6.39. The van der Waals surface area contributed by atoms with Crippen molar-refractivity contribution in [2.24, 2.45) is 0 Å². The molecule has 4 aromatic rings. The largest absolute Gasteiger partial charge is 0.432 e. The molecule has 0 aliphatic carbocycles. The minimum atomic E-state index is -0.335. The topological polar surface area (TPSA) is 52.0 Å². The van der Waals surface area contributed by atoms with Crippen molar-refractivity contribution in [1.82, 2.24) is 9.88 Å². The van der Waals surface area contributed by atoms with E-state index in [9.17, 15) is 9.65 Å². The van der Waals surface area contributed by atoms with E-state index < -0.39 is 0 Å². The Bertz CT molecular complexity index is 1370. The van der Waals surface area contributed by atoms with Crippen molar-refractivity contribution >= 4 is 39.9 Å². The van der Waals surface area contributed by atoms with Crippen LogP contribution in [0.2, 0.25) is 5.02 Å². The second-order valence-corrected chi connectivity index (χ2v) is 8.39. The van der Waals surface area contributed by atoms with Crippen molar-refractivity contribution in [3.05, 3.63) is 100.0 Å². The van der Waals surface area contributed by atoms with Gasteiger partial charge in [0.1, 0.15) is 11.6 Å². The first-order chi connectivity index (χ1) is 15.5. The molecule has 1 aliphatic rings. The third-order valence-electron chi connectivity index (χ3n) is 5.70. The van der Waals surface area contributed by atoms with Crippen LogP contribution < -0.4 is 4.74 Å². The molecule has 4 nitrogen and oxygen atoms in total. The Labute approximate surface area is 196 Å². The van der Waals surface area contributed by atoms with E-state index in [-0.39, 0.29) is 13.3 Å². The molecular formula is C25H19ClFN3OS. The molecule has 1 unspecified atom stereocenters. The van der Waals surface area contributed by atoms with Crippen molar-refractivity contribution < 1.29 is 10.6 Å². The van der Waals surface area contributed by atoms with Crippen LogP contribution in [0, 0.1) is 17.1 Å². The molecule has 160 valence electrons. The quantitative estimate of drug-likeness (QED) is 0.350. The molecule has 0 spiro atoms. The number of thiocarbonyl (C=S) groups is 1. The molecule has 1 N–H and O–H groups in total. The summed E-state index contributed by atoms with van der Waals surface area (Å²) < 4.78 is 19.2. The monoisotopic (exact) mass is 463 g/mol. The van der Waals surface area contributed by atoms with E-state index in [2.05, 4.69) is 11.1 Å². The van der Waals surface area contributed by atoms with Crippen molar-refractivity contribution in [2.45, 2.75) is 12.5 Å². The summed E-state index contributed by atoms with van der Waals surface area (Å²) in [6.07, 6.45) is 0.759. The Balaban J connectivity index is 0.00000259. The third-order valence-corrected chi connectivity index (χ3v) is 6.25. The number of nitrogens with one attached hydrogen (secondary N) is 1. The van der Waals surface area contributed by atoms with Crippen LogP contribution in [-0.2, 0) is 6.42 Å². The van der Waals surface area contributed by atoms with Crippen LogP contribution in [0.1, 0.15) is 29.9 Å². The maximum Gasteiger partial charge on any atom is 0.265 e. The average Bonchev–Trinajstić information content (AvgIpc) is 3.18. The smallest absolute Gasteiger partial charge is 0.265 e. The zero-order valence-electron chi connectivity index (χ0n) is 16.8. The molecule has 0 bridgehead atoms. The van der Waals surface area contributed by atoms with Gasteiger partial charge < -0.3 is 14.6 Å². The van der Waals surface area contributed by atoms with E-state index in [1.807, 2.05) is 35.2 Å². The molecular weight excluding hydrogens is 445 g/mol. The van der Waals surface area contributed by atoms with Gasteiger partial charge in [0.05, 0.1) is 17.7 Å². The van der Waals surface area contributed by atoms with Gasteiger partial charge in [0, 0.05) is 29.6 Å². The zero-order valence-corrected chi connectivity index (χ0v) is 18.4. The number of fused-ring (bicyclic) bond motifs is 3. The van der Waals surface area contributed by atoms with E-state index in [0.29, 0.717) is 28.1 Å². The van der Waals surface area contributed by atoms with Crippen molar-refractivity contribution in [1.29, 1.82) is 5.26 Å². The lowest BCUT2D eigenvalue weighted by Crippen LogP contribution is -2.42. The highest BCUT2D eigenvalue weighted by atomic mass is 35.5. The number of hydrogen-bond donors (Lipinski definition) is 1. The lowest BCUT2D eigenvalue weighted by atomic mass is 9.92. The molecule has 0 saturated carbocycles. The normalized spacial score (nSPS) is 15.3. The van der Waals surface area contributed by atoms with Crippen LogP contribution in [0.4, 0.5) is 4.39 Å². The summed E-state index contributed by atoms with van der Waals surface area (Å²) in [5.41, 5.74) is 4.78. The number of rotatable bonds is 2. The Morgan fingerprint density at radius 2 is 1.91 bits per heavy atom. The molecule has 1 aliphatic heterocycles. The Hall–Kier alpha value is -3.40. The molecule has 1 atom stereocenters. The highest BCUT2D eigenvalue weighted by Crippen LogP contribution is 2.39. The number of benzene rings is 3. The maximum absolute atomic E-state index is 13.3. The van der Waals surface area contributed by atoms with Gasteiger partial charge in [-0.05, 0) is 84.4 Å². The van der Waals surface area contributed by atoms with Crippen molar-refractivity contribution in [3.63, 3.8) is 0 Å². The van der Waals surface area contributed by atoms with Gasteiger partial charge in [0.2, 0.25) is 0 Å². The maximum atomic E-state index is 13.3. The van der Waals surface area contributed by atoms with Crippen LogP contribution in [0.5, 0.6) is 5.75 Å².